The fourth-order valence-corrected chi connectivity index (χ4v) is 2.83. The Labute approximate surface area is 111 Å². The second-order valence-electron chi connectivity index (χ2n) is 5.35. The van der Waals surface area contributed by atoms with Crippen molar-refractivity contribution in [2.24, 2.45) is 7.05 Å². The maximum atomic E-state index is 12.3. The van der Waals surface area contributed by atoms with E-state index in [1.165, 1.54) is 12.8 Å². The standard InChI is InChI=1S/C13H19N5O/c1-16-6-3-4-10(16)5-7-18-9-14-11-8-17(2)15-12(11)13(18)19/h8-10H,3-7H2,1-2H3/t10-/m0/s1. The lowest BCUT2D eigenvalue weighted by molar-refractivity contribution is 0.285. The van der Waals surface area contributed by atoms with E-state index in [1.54, 1.807) is 28.8 Å². The molecule has 3 heterocycles. The van der Waals surface area contributed by atoms with Crippen LogP contribution < -0.4 is 5.56 Å². The van der Waals surface area contributed by atoms with Crippen LogP contribution in [0.2, 0.25) is 0 Å². The first-order chi connectivity index (χ1) is 9.15. The number of hydrogen-bond donors (Lipinski definition) is 0. The van der Waals surface area contributed by atoms with Gasteiger partial charge in [-0.1, -0.05) is 0 Å². The highest BCUT2D eigenvalue weighted by Crippen LogP contribution is 2.18. The van der Waals surface area contributed by atoms with Crippen molar-refractivity contribution >= 4 is 11.0 Å². The number of nitrogens with zero attached hydrogens (tertiary/aromatic N) is 5. The third-order valence-corrected chi connectivity index (χ3v) is 3.98. The average Bonchev–Trinajstić information content (AvgIpc) is 2.95. The molecule has 0 saturated carbocycles. The number of aryl methyl sites for hydroxylation is 2. The minimum Gasteiger partial charge on any atom is -0.303 e. The van der Waals surface area contributed by atoms with Gasteiger partial charge in [-0.3, -0.25) is 14.0 Å². The van der Waals surface area contributed by atoms with Crippen LogP contribution in [0.25, 0.3) is 11.0 Å². The first-order valence-electron chi connectivity index (χ1n) is 6.74. The van der Waals surface area contributed by atoms with Crippen molar-refractivity contribution in [1.82, 2.24) is 24.2 Å². The van der Waals surface area contributed by atoms with E-state index in [-0.39, 0.29) is 5.56 Å². The fourth-order valence-electron chi connectivity index (χ4n) is 2.83. The average molecular weight is 261 g/mol. The Morgan fingerprint density at radius 1 is 1.42 bits per heavy atom. The predicted octanol–water partition coefficient (Wildman–Crippen LogP) is 0.614. The molecule has 0 unspecified atom stereocenters. The van der Waals surface area contributed by atoms with Crippen molar-refractivity contribution < 1.29 is 0 Å². The van der Waals surface area contributed by atoms with E-state index in [1.807, 2.05) is 0 Å². The van der Waals surface area contributed by atoms with Gasteiger partial charge in [-0.25, -0.2) is 4.98 Å². The molecule has 0 radical (unpaired) electrons. The molecule has 2 aromatic rings. The molecule has 0 N–H and O–H groups in total. The molecule has 1 aliphatic heterocycles. The number of likely N-dealkylation sites (tertiary alicyclic amines) is 1. The van der Waals surface area contributed by atoms with Gasteiger partial charge in [0.25, 0.3) is 5.56 Å². The molecule has 0 amide bonds. The molecular formula is C13H19N5O. The SMILES string of the molecule is CN1CCC[C@H]1CCn1cnc2cn(C)nc2c1=O. The Kier molecular flexibility index (Phi) is 3.10. The van der Waals surface area contributed by atoms with Crippen LogP contribution in [0.15, 0.2) is 17.3 Å². The summed E-state index contributed by atoms with van der Waals surface area (Å²) in [7, 11) is 3.96. The van der Waals surface area contributed by atoms with E-state index in [0.29, 0.717) is 23.6 Å². The van der Waals surface area contributed by atoms with Crippen LogP contribution in [0.1, 0.15) is 19.3 Å². The fraction of sp³-hybridized carbons (Fsp3) is 0.615. The maximum Gasteiger partial charge on any atom is 0.281 e. The van der Waals surface area contributed by atoms with Gasteiger partial charge in [0.2, 0.25) is 0 Å². The summed E-state index contributed by atoms with van der Waals surface area (Å²) >= 11 is 0. The van der Waals surface area contributed by atoms with Crippen molar-refractivity contribution in [3.8, 4) is 0 Å². The predicted molar refractivity (Wildman–Crippen MR) is 73.0 cm³/mol. The lowest BCUT2D eigenvalue weighted by Gasteiger charge is -2.19. The summed E-state index contributed by atoms with van der Waals surface area (Å²) in [6, 6.07) is 0.589. The zero-order chi connectivity index (χ0) is 13.4. The van der Waals surface area contributed by atoms with Gasteiger partial charge in [-0.15, -0.1) is 0 Å². The minimum absolute atomic E-state index is 0.0359. The summed E-state index contributed by atoms with van der Waals surface area (Å²) in [5.74, 6) is 0. The molecule has 1 fully saturated rings. The third-order valence-electron chi connectivity index (χ3n) is 3.98. The molecule has 6 heteroatoms. The van der Waals surface area contributed by atoms with Crippen LogP contribution >= 0.6 is 0 Å². The van der Waals surface area contributed by atoms with Crippen LogP contribution in [-0.4, -0.2) is 43.9 Å². The molecule has 6 nitrogen and oxygen atoms in total. The largest absolute Gasteiger partial charge is 0.303 e. The Morgan fingerprint density at radius 3 is 3.00 bits per heavy atom. The van der Waals surface area contributed by atoms with Gasteiger partial charge in [0.1, 0.15) is 5.52 Å². The summed E-state index contributed by atoms with van der Waals surface area (Å²) in [6.45, 7) is 1.88. The Bertz CT molecular complexity index is 644. The van der Waals surface area contributed by atoms with E-state index in [2.05, 4.69) is 22.0 Å². The number of hydrogen-bond acceptors (Lipinski definition) is 4. The maximum absolute atomic E-state index is 12.3. The lowest BCUT2D eigenvalue weighted by atomic mass is 10.1. The molecule has 3 rings (SSSR count). The highest BCUT2D eigenvalue weighted by atomic mass is 16.1. The molecule has 0 bridgehead atoms. The normalized spacial score (nSPS) is 20.4. The Balaban J connectivity index is 1.81. The number of rotatable bonds is 3. The van der Waals surface area contributed by atoms with E-state index in [9.17, 15) is 4.79 Å². The summed E-state index contributed by atoms with van der Waals surface area (Å²) in [6.07, 6.45) is 6.89. The zero-order valence-electron chi connectivity index (χ0n) is 11.4. The smallest absolute Gasteiger partial charge is 0.281 e. The van der Waals surface area contributed by atoms with Crippen LogP contribution in [-0.2, 0) is 13.6 Å². The molecule has 102 valence electrons. The molecule has 0 aromatic carbocycles. The number of aromatic nitrogens is 4. The van der Waals surface area contributed by atoms with Gasteiger partial charge in [0.15, 0.2) is 5.52 Å². The van der Waals surface area contributed by atoms with Crippen molar-refractivity contribution in [2.75, 3.05) is 13.6 Å². The van der Waals surface area contributed by atoms with Crippen LogP contribution in [0.4, 0.5) is 0 Å². The molecule has 2 aromatic heterocycles. The van der Waals surface area contributed by atoms with Gasteiger partial charge in [-0.2, -0.15) is 5.10 Å². The van der Waals surface area contributed by atoms with Gasteiger partial charge >= 0.3 is 0 Å². The monoisotopic (exact) mass is 261 g/mol. The molecular weight excluding hydrogens is 242 g/mol. The highest BCUT2D eigenvalue weighted by Gasteiger charge is 2.20. The quantitative estimate of drug-likeness (QED) is 0.812. The van der Waals surface area contributed by atoms with Crippen molar-refractivity contribution in [3.63, 3.8) is 0 Å². The summed E-state index contributed by atoms with van der Waals surface area (Å²) in [5, 5.41) is 4.18. The molecule has 0 spiro atoms. The topological polar surface area (TPSA) is 56.0 Å². The first-order valence-corrected chi connectivity index (χ1v) is 6.74. The molecule has 0 aliphatic carbocycles. The van der Waals surface area contributed by atoms with Gasteiger partial charge < -0.3 is 4.90 Å². The van der Waals surface area contributed by atoms with E-state index in [0.717, 1.165) is 13.0 Å². The van der Waals surface area contributed by atoms with Crippen LogP contribution in [0.3, 0.4) is 0 Å². The molecule has 19 heavy (non-hydrogen) atoms. The Hall–Kier alpha value is -1.69. The van der Waals surface area contributed by atoms with Crippen LogP contribution in [0, 0.1) is 0 Å². The summed E-state index contributed by atoms with van der Waals surface area (Å²) in [4.78, 5) is 18.9. The van der Waals surface area contributed by atoms with E-state index in [4.69, 9.17) is 0 Å². The van der Waals surface area contributed by atoms with Crippen molar-refractivity contribution in [1.29, 1.82) is 0 Å². The van der Waals surface area contributed by atoms with Crippen molar-refractivity contribution in [2.45, 2.75) is 31.8 Å². The lowest BCUT2D eigenvalue weighted by Crippen LogP contribution is -2.28. The molecule has 1 saturated heterocycles. The highest BCUT2D eigenvalue weighted by molar-refractivity contribution is 5.71. The molecule has 1 atom stereocenters. The minimum atomic E-state index is -0.0359. The zero-order valence-corrected chi connectivity index (χ0v) is 11.4. The van der Waals surface area contributed by atoms with Crippen molar-refractivity contribution in [3.05, 3.63) is 22.9 Å². The van der Waals surface area contributed by atoms with E-state index >= 15 is 0 Å². The van der Waals surface area contributed by atoms with Gasteiger partial charge in [0, 0.05) is 19.6 Å². The Morgan fingerprint density at radius 2 is 2.26 bits per heavy atom. The summed E-state index contributed by atoms with van der Waals surface area (Å²) in [5.41, 5.74) is 1.10. The second-order valence-corrected chi connectivity index (χ2v) is 5.35. The van der Waals surface area contributed by atoms with Crippen LogP contribution in [0.5, 0.6) is 0 Å². The van der Waals surface area contributed by atoms with E-state index < -0.39 is 0 Å². The molecule has 1 aliphatic rings. The number of fused-ring (bicyclic) bond motifs is 1. The third kappa shape index (κ3) is 2.28. The van der Waals surface area contributed by atoms with Gasteiger partial charge in [0.05, 0.1) is 12.5 Å². The second kappa shape index (κ2) is 4.77. The first kappa shape index (κ1) is 12.3. The van der Waals surface area contributed by atoms with Gasteiger partial charge in [-0.05, 0) is 32.9 Å². The summed E-state index contributed by atoms with van der Waals surface area (Å²) < 4.78 is 3.32.